The lowest BCUT2D eigenvalue weighted by Gasteiger charge is -2.15. The van der Waals surface area contributed by atoms with Gasteiger partial charge in [0.25, 0.3) is 0 Å². The molecule has 6 heteroatoms. The maximum absolute atomic E-state index is 11.7. The second-order valence-corrected chi connectivity index (χ2v) is 4.19. The van der Waals surface area contributed by atoms with E-state index in [0.29, 0.717) is 13.1 Å². The molecule has 0 atom stereocenters. The molecule has 1 rings (SSSR count). The maximum atomic E-state index is 11.7. The van der Waals surface area contributed by atoms with Gasteiger partial charge in [0.2, 0.25) is 5.91 Å². The highest BCUT2D eigenvalue weighted by atomic mass is 35.5. The van der Waals surface area contributed by atoms with Crippen LogP contribution >= 0.6 is 24.8 Å². The van der Waals surface area contributed by atoms with E-state index in [2.05, 4.69) is 12.2 Å². The largest absolute Gasteiger partial charge is 0.326 e. The molecule has 19 heavy (non-hydrogen) atoms. The Balaban J connectivity index is 0. The zero-order valence-electron chi connectivity index (χ0n) is 11.4. The van der Waals surface area contributed by atoms with E-state index >= 15 is 0 Å². The van der Waals surface area contributed by atoms with Gasteiger partial charge in [0.05, 0.1) is 6.54 Å². The van der Waals surface area contributed by atoms with Crippen LogP contribution in [0.3, 0.4) is 0 Å². The summed E-state index contributed by atoms with van der Waals surface area (Å²) in [6.07, 6.45) is 1.05. The number of carbonyl (C=O) groups excluding carboxylic acids is 1. The number of likely N-dealkylation sites (N-methyl/N-ethyl adjacent to an activating group) is 1. The average molecular weight is 308 g/mol. The fraction of sp³-hybridized carbons (Fsp3) is 0.462. The van der Waals surface area contributed by atoms with Gasteiger partial charge in [-0.25, -0.2) is 0 Å². The van der Waals surface area contributed by atoms with Crippen LogP contribution in [-0.2, 0) is 11.3 Å². The fourth-order valence-electron chi connectivity index (χ4n) is 1.63. The predicted octanol–water partition coefficient (Wildman–Crippen LogP) is 2.27. The smallest absolute Gasteiger partial charge is 0.238 e. The summed E-state index contributed by atoms with van der Waals surface area (Å²) >= 11 is 0. The molecule has 0 unspecified atom stereocenters. The quantitative estimate of drug-likeness (QED) is 0.847. The predicted molar refractivity (Wildman–Crippen MR) is 85.2 cm³/mol. The van der Waals surface area contributed by atoms with Crippen molar-refractivity contribution < 1.29 is 4.79 Å². The Morgan fingerprint density at radius 3 is 2.32 bits per heavy atom. The van der Waals surface area contributed by atoms with Crippen molar-refractivity contribution in [1.82, 2.24) is 4.90 Å². The minimum absolute atomic E-state index is 0. The summed E-state index contributed by atoms with van der Waals surface area (Å²) in [6, 6.07) is 7.59. The first-order valence-corrected chi connectivity index (χ1v) is 5.93. The van der Waals surface area contributed by atoms with Crippen LogP contribution < -0.4 is 11.1 Å². The van der Waals surface area contributed by atoms with Gasteiger partial charge >= 0.3 is 0 Å². The van der Waals surface area contributed by atoms with E-state index in [1.165, 1.54) is 0 Å². The van der Waals surface area contributed by atoms with Crippen molar-refractivity contribution in [2.24, 2.45) is 5.73 Å². The summed E-state index contributed by atoms with van der Waals surface area (Å²) in [7, 11) is 1.95. The molecular formula is C13H23Cl2N3O. The van der Waals surface area contributed by atoms with Gasteiger partial charge < -0.3 is 11.1 Å². The first kappa shape index (κ1) is 20.5. The number of benzene rings is 1. The van der Waals surface area contributed by atoms with Crippen molar-refractivity contribution in [1.29, 1.82) is 0 Å². The lowest BCUT2D eigenvalue weighted by molar-refractivity contribution is -0.117. The number of nitrogens with one attached hydrogen (secondary N) is 1. The highest BCUT2D eigenvalue weighted by Gasteiger charge is 2.05. The molecule has 0 aliphatic heterocycles. The first-order valence-electron chi connectivity index (χ1n) is 5.93. The normalized spacial score (nSPS) is 9.47. The van der Waals surface area contributed by atoms with Gasteiger partial charge in [-0.15, -0.1) is 24.8 Å². The van der Waals surface area contributed by atoms with Crippen molar-refractivity contribution in [2.75, 3.05) is 25.5 Å². The third-order valence-electron chi connectivity index (χ3n) is 2.49. The number of nitrogens with two attached hydrogens (primary N) is 1. The Kier molecular flexibility index (Phi) is 11.9. The van der Waals surface area contributed by atoms with E-state index in [1.807, 2.05) is 36.2 Å². The molecule has 0 fully saturated rings. The van der Waals surface area contributed by atoms with Crippen LogP contribution in [0.25, 0.3) is 0 Å². The summed E-state index contributed by atoms with van der Waals surface area (Å²) in [5.41, 5.74) is 7.38. The molecule has 0 aromatic heterocycles. The molecule has 0 spiro atoms. The van der Waals surface area contributed by atoms with E-state index < -0.39 is 0 Å². The van der Waals surface area contributed by atoms with Crippen LogP contribution in [0, 0.1) is 0 Å². The van der Waals surface area contributed by atoms with E-state index in [9.17, 15) is 4.79 Å². The minimum atomic E-state index is 0. The zero-order chi connectivity index (χ0) is 12.7. The van der Waals surface area contributed by atoms with Crippen LogP contribution in [0.2, 0.25) is 0 Å². The fourth-order valence-corrected chi connectivity index (χ4v) is 1.63. The monoisotopic (exact) mass is 307 g/mol. The molecule has 110 valence electrons. The number of anilines is 1. The second kappa shape index (κ2) is 11.1. The van der Waals surface area contributed by atoms with E-state index in [-0.39, 0.29) is 30.7 Å². The number of hydrogen-bond donors (Lipinski definition) is 2. The topological polar surface area (TPSA) is 58.4 Å². The van der Waals surface area contributed by atoms with Crippen LogP contribution in [0.4, 0.5) is 5.69 Å². The summed E-state index contributed by atoms with van der Waals surface area (Å²) in [5.74, 6) is 0.0152. The van der Waals surface area contributed by atoms with Gasteiger partial charge in [-0.05, 0) is 37.7 Å². The van der Waals surface area contributed by atoms with Gasteiger partial charge in [-0.2, -0.15) is 0 Å². The zero-order valence-corrected chi connectivity index (χ0v) is 13.0. The average Bonchev–Trinajstić information content (AvgIpc) is 2.30. The summed E-state index contributed by atoms with van der Waals surface area (Å²) < 4.78 is 0. The molecule has 1 aromatic carbocycles. The molecule has 0 bridgehead atoms. The van der Waals surface area contributed by atoms with E-state index in [1.54, 1.807) is 0 Å². The lowest BCUT2D eigenvalue weighted by Crippen LogP contribution is -2.30. The van der Waals surface area contributed by atoms with Crippen molar-refractivity contribution in [3.05, 3.63) is 29.8 Å². The van der Waals surface area contributed by atoms with E-state index in [4.69, 9.17) is 5.73 Å². The standard InChI is InChI=1S/C13H21N3O.2ClH/c1-3-8-16(2)10-13(17)15-12-6-4-11(9-14)5-7-12;;/h4-7H,3,8-10,14H2,1-2H3,(H,15,17);2*1H. The molecule has 3 N–H and O–H groups in total. The van der Waals surface area contributed by atoms with Crippen LogP contribution in [0.5, 0.6) is 0 Å². The van der Waals surface area contributed by atoms with Crippen molar-refractivity contribution in [3.8, 4) is 0 Å². The summed E-state index contributed by atoms with van der Waals surface area (Å²) in [6.45, 7) is 3.97. The highest BCUT2D eigenvalue weighted by Crippen LogP contribution is 2.08. The third kappa shape index (κ3) is 8.06. The van der Waals surface area contributed by atoms with Gasteiger partial charge in [0.15, 0.2) is 0 Å². The SMILES string of the molecule is CCCN(C)CC(=O)Nc1ccc(CN)cc1.Cl.Cl. The van der Waals surface area contributed by atoms with Crippen molar-refractivity contribution in [2.45, 2.75) is 19.9 Å². The number of nitrogens with zero attached hydrogens (tertiary/aromatic N) is 1. The molecule has 1 aromatic rings. The molecular weight excluding hydrogens is 285 g/mol. The van der Waals surface area contributed by atoms with E-state index in [0.717, 1.165) is 24.2 Å². The minimum Gasteiger partial charge on any atom is -0.326 e. The summed E-state index contributed by atoms with van der Waals surface area (Å²) in [4.78, 5) is 13.7. The Labute approximate surface area is 127 Å². The third-order valence-corrected chi connectivity index (χ3v) is 2.49. The number of amides is 1. The Bertz CT molecular complexity index is 357. The number of rotatable bonds is 6. The lowest BCUT2D eigenvalue weighted by atomic mass is 10.2. The van der Waals surface area contributed by atoms with Gasteiger partial charge in [0.1, 0.15) is 0 Å². The molecule has 0 saturated heterocycles. The molecule has 0 heterocycles. The van der Waals surface area contributed by atoms with Gasteiger partial charge in [0, 0.05) is 12.2 Å². The number of carbonyl (C=O) groups is 1. The van der Waals surface area contributed by atoms with Gasteiger partial charge in [-0.3, -0.25) is 9.69 Å². The van der Waals surface area contributed by atoms with Crippen LogP contribution in [0.1, 0.15) is 18.9 Å². The molecule has 0 aliphatic rings. The maximum Gasteiger partial charge on any atom is 0.238 e. The van der Waals surface area contributed by atoms with Crippen LogP contribution in [0.15, 0.2) is 24.3 Å². The molecule has 4 nitrogen and oxygen atoms in total. The number of halogens is 2. The van der Waals surface area contributed by atoms with Crippen molar-refractivity contribution in [3.63, 3.8) is 0 Å². The molecule has 0 saturated carbocycles. The van der Waals surface area contributed by atoms with Crippen LogP contribution in [-0.4, -0.2) is 30.9 Å². The molecule has 0 aliphatic carbocycles. The summed E-state index contributed by atoms with van der Waals surface area (Å²) in [5, 5.41) is 2.86. The Hall–Kier alpha value is -0.810. The van der Waals surface area contributed by atoms with Crippen molar-refractivity contribution >= 4 is 36.4 Å². The Morgan fingerprint density at radius 1 is 1.26 bits per heavy atom. The van der Waals surface area contributed by atoms with Gasteiger partial charge in [-0.1, -0.05) is 19.1 Å². The second-order valence-electron chi connectivity index (χ2n) is 4.19. The molecule has 1 amide bonds. The first-order chi connectivity index (χ1) is 8.15. The number of hydrogen-bond acceptors (Lipinski definition) is 3. The Morgan fingerprint density at radius 2 is 1.84 bits per heavy atom. The highest BCUT2D eigenvalue weighted by molar-refractivity contribution is 5.92. The molecule has 0 radical (unpaired) electrons.